The first-order valence-corrected chi connectivity index (χ1v) is 3.91. The van der Waals surface area contributed by atoms with Crippen molar-refractivity contribution in [2.45, 2.75) is 0 Å². The normalized spacial score (nSPS) is 9.67. The van der Waals surface area contributed by atoms with E-state index in [-0.39, 0.29) is 0 Å². The van der Waals surface area contributed by atoms with Crippen LogP contribution in [0.2, 0.25) is 0 Å². The summed E-state index contributed by atoms with van der Waals surface area (Å²) in [7, 11) is 0. The fourth-order valence-electron chi connectivity index (χ4n) is 0.738. The molecular formula is C10H16N2. The van der Waals surface area contributed by atoms with Crippen molar-refractivity contribution < 1.29 is 0 Å². The van der Waals surface area contributed by atoms with E-state index in [9.17, 15) is 0 Å². The third-order valence-electron chi connectivity index (χ3n) is 1.21. The van der Waals surface area contributed by atoms with Crippen molar-refractivity contribution in [2.75, 3.05) is 19.6 Å². The van der Waals surface area contributed by atoms with Gasteiger partial charge in [-0.05, 0) is 0 Å². The molecule has 0 amide bonds. The fraction of sp³-hybridized carbons (Fsp3) is 0.300. The Kier molecular flexibility index (Phi) is 6.94. The van der Waals surface area contributed by atoms with Crippen LogP contribution in [0.1, 0.15) is 0 Å². The molecule has 66 valence electrons. The van der Waals surface area contributed by atoms with Gasteiger partial charge >= 0.3 is 0 Å². The Bertz CT molecular complexity index is 161. The molecule has 0 heterocycles. The lowest BCUT2D eigenvalue weighted by Crippen LogP contribution is -2.21. The van der Waals surface area contributed by atoms with Gasteiger partial charge in [0.15, 0.2) is 0 Å². The number of hydrogen-bond donors (Lipinski definition) is 0. The minimum atomic E-state index is 0.658. The summed E-state index contributed by atoms with van der Waals surface area (Å²) in [4.78, 5) is 6.13. The second kappa shape index (κ2) is 7.79. The standard InChI is InChI=1S/C10H16N2/c1-4-7-11-10-12(8-5-2)9-6-3/h4-6,10H,1-3,7-9H2. The van der Waals surface area contributed by atoms with E-state index in [2.05, 4.69) is 24.7 Å². The molecule has 0 atom stereocenters. The van der Waals surface area contributed by atoms with E-state index >= 15 is 0 Å². The highest BCUT2D eigenvalue weighted by Gasteiger charge is 1.90. The van der Waals surface area contributed by atoms with Gasteiger partial charge in [0.1, 0.15) is 0 Å². The zero-order valence-corrected chi connectivity index (χ0v) is 7.45. The smallest absolute Gasteiger partial charge is 0.0859 e. The summed E-state index contributed by atoms with van der Waals surface area (Å²) in [5.41, 5.74) is 0. The average molecular weight is 164 g/mol. The van der Waals surface area contributed by atoms with E-state index in [1.54, 1.807) is 12.4 Å². The summed E-state index contributed by atoms with van der Waals surface area (Å²) >= 11 is 0. The van der Waals surface area contributed by atoms with Gasteiger partial charge in [-0.3, -0.25) is 4.99 Å². The Morgan fingerprint density at radius 2 is 1.58 bits per heavy atom. The summed E-state index contributed by atoms with van der Waals surface area (Å²) in [5, 5.41) is 0. The molecule has 0 aromatic heterocycles. The van der Waals surface area contributed by atoms with Gasteiger partial charge in [0.25, 0.3) is 0 Å². The van der Waals surface area contributed by atoms with Gasteiger partial charge in [-0.2, -0.15) is 0 Å². The van der Waals surface area contributed by atoms with Crippen LogP contribution in [0.5, 0.6) is 0 Å². The van der Waals surface area contributed by atoms with Crippen molar-refractivity contribution in [3.8, 4) is 0 Å². The van der Waals surface area contributed by atoms with Crippen molar-refractivity contribution in [3.63, 3.8) is 0 Å². The maximum absolute atomic E-state index is 4.11. The first kappa shape index (κ1) is 10.7. The van der Waals surface area contributed by atoms with Crippen LogP contribution in [-0.4, -0.2) is 30.9 Å². The average Bonchev–Trinajstić information content (AvgIpc) is 2.06. The van der Waals surface area contributed by atoms with Gasteiger partial charge in [-0.25, -0.2) is 0 Å². The third kappa shape index (κ3) is 5.47. The van der Waals surface area contributed by atoms with Crippen molar-refractivity contribution in [2.24, 2.45) is 4.99 Å². The van der Waals surface area contributed by atoms with E-state index in [1.165, 1.54) is 0 Å². The van der Waals surface area contributed by atoms with Crippen LogP contribution in [0.3, 0.4) is 0 Å². The highest BCUT2D eigenvalue weighted by atomic mass is 15.1. The molecule has 0 bridgehead atoms. The molecule has 0 aliphatic rings. The molecular weight excluding hydrogens is 148 g/mol. The zero-order valence-electron chi connectivity index (χ0n) is 7.45. The van der Waals surface area contributed by atoms with E-state index < -0.39 is 0 Å². The molecule has 0 radical (unpaired) electrons. The Hall–Kier alpha value is -1.31. The first-order chi connectivity index (χ1) is 5.85. The quantitative estimate of drug-likeness (QED) is 0.318. The Balaban J connectivity index is 3.82. The van der Waals surface area contributed by atoms with Crippen molar-refractivity contribution in [3.05, 3.63) is 38.0 Å². The second-order valence-electron chi connectivity index (χ2n) is 2.30. The molecule has 0 unspecified atom stereocenters. The molecule has 0 aliphatic heterocycles. The van der Waals surface area contributed by atoms with E-state index in [0.29, 0.717) is 6.54 Å². The van der Waals surface area contributed by atoms with Crippen molar-refractivity contribution >= 4 is 6.34 Å². The first-order valence-electron chi connectivity index (χ1n) is 3.91. The van der Waals surface area contributed by atoms with Crippen LogP contribution >= 0.6 is 0 Å². The number of nitrogens with zero attached hydrogens (tertiary/aromatic N) is 2. The summed E-state index contributed by atoms with van der Waals surface area (Å²) in [5.74, 6) is 0. The molecule has 0 N–H and O–H groups in total. The summed E-state index contributed by atoms with van der Waals surface area (Å²) in [6.45, 7) is 13.1. The largest absolute Gasteiger partial charge is 0.356 e. The number of aliphatic imine (C=N–C) groups is 1. The Labute approximate surface area is 74.6 Å². The van der Waals surface area contributed by atoms with Crippen molar-refractivity contribution in [1.82, 2.24) is 4.90 Å². The third-order valence-corrected chi connectivity index (χ3v) is 1.21. The molecule has 2 nitrogen and oxygen atoms in total. The molecule has 0 aromatic rings. The minimum Gasteiger partial charge on any atom is -0.356 e. The van der Waals surface area contributed by atoms with Gasteiger partial charge in [-0.15, -0.1) is 19.7 Å². The van der Waals surface area contributed by atoms with E-state index in [1.807, 2.05) is 17.1 Å². The fourth-order valence-corrected chi connectivity index (χ4v) is 0.738. The van der Waals surface area contributed by atoms with Gasteiger partial charge in [0.2, 0.25) is 0 Å². The highest BCUT2D eigenvalue weighted by molar-refractivity contribution is 5.55. The SMILES string of the molecule is C=CCN=CN(CC=C)CC=C. The van der Waals surface area contributed by atoms with E-state index in [0.717, 1.165) is 13.1 Å². The second-order valence-corrected chi connectivity index (χ2v) is 2.30. The van der Waals surface area contributed by atoms with Crippen LogP contribution in [0.15, 0.2) is 43.0 Å². The number of rotatable bonds is 7. The topological polar surface area (TPSA) is 15.6 Å². The highest BCUT2D eigenvalue weighted by Crippen LogP contribution is 1.84. The molecule has 0 rings (SSSR count). The van der Waals surface area contributed by atoms with Gasteiger partial charge in [-0.1, -0.05) is 18.2 Å². The van der Waals surface area contributed by atoms with Gasteiger partial charge in [0.05, 0.1) is 12.9 Å². The lowest BCUT2D eigenvalue weighted by atomic mass is 10.5. The Morgan fingerprint density at radius 1 is 1.00 bits per heavy atom. The zero-order chi connectivity index (χ0) is 9.23. The maximum atomic E-state index is 4.11. The van der Waals surface area contributed by atoms with Gasteiger partial charge < -0.3 is 4.90 Å². The number of hydrogen-bond acceptors (Lipinski definition) is 1. The molecule has 12 heavy (non-hydrogen) atoms. The van der Waals surface area contributed by atoms with Crippen LogP contribution < -0.4 is 0 Å². The lowest BCUT2D eigenvalue weighted by molar-refractivity contribution is 0.528. The monoisotopic (exact) mass is 164 g/mol. The minimum absolute atomic E-state index is 0.658. The Morgan fingerprint density at radius 3 is 2.00 bits per heavy atom. The summed E-state index contributed by atoms with van der Waals surface area (Å²) in [6.07, 6.45) is 7.23. The molecule has 0 saturated carbocycles. The maximum Gasteiger partial charge on any atom is 0.0859 e. The van der Waals surface area contributed by atoms with E-state index in [4.69, 9.17) is 0 Å². The lowest BCUT2D eigenvalue weighted by Gasteiger charge is -2.14. The van der Waals surface area contributed by atoms with Gasteiger partial charge in [0, 0.05) is 13.1 Å². The summed E-state index contributed by atoms with van der Waals surface area (Å²) in [6, 6.07) is 0. The molecule has 0 fully saturated rings. The van der Waals surface area contributed by atoms with Crippen LogP contribution in [0.25, 0.3) is 0 Å². The molecule has 0 aliphatic carbocycles. The van der Waals surface area contributed by atoms with Crippen molar-refractivity contribution in [1.29, 1.82) is 0 Å². The molecule has 0 aromatic carbocycles. The molecule has 0 spiro atoms. The van der Waals surface area contributed by atoms with Crippen LogP contribution in [0, 0.1) is 0 Å². The van der Waals surface area contributed by atoms with Crippen LogP contribution in [0.4, 0.5) is 0 Å². The van der Waals surface area contributed by atoms with Crippen LogP contribution in [-0.2, 0) is 0 Å². The predicted octanol–water partition coefficient (Wildman–Crippen LogP) is 1.87. The molecule has 0 saturated heterocycles. The predicted molar refractivity (Wildman–Crippen MR) is 55.5 cm³/mol. The summed E-state index contributed by atoms with van der Waals surface area (Å²) < 4.78 is 0. The molecule has 2 heteroatoms.